The molecule has 0 saturated heterocycles. The first-order chi connectivity index (χ1) is 8.19. The Morgan fingerprint density at radius 1 is 1.24 bits per heavy atom. The summed E-state index contributed by atoms with van der Waals surface area (Å²) in [6, 6.07) is 1.81. The molecule has 17 heavy (non-hydrogen) atoms. The average molecular weight is 360 g/mol. The van der Waals surface area contributed by atoms with E-state index in [0.717, 1.165) is 4.47 Å². The van der Waals surface area contributed by atoms with Crippen LogP contribution >= 0.6 is 31.9 Å². The summed E-state index contributed by atoms with van der Waals surface area (Å²) >= 11 is 6.65. The summed E-state index contributed by atoms with van der Waals surface area (Å²) in [4.78, 5) is 12.2. The molecule has 88 valence electrons. The maximum absolute atomic E-state index is 5.60. The van der Waals surface area contributed by atoms with E-state index < -0.39 is 0 Å². The highest BCUT2D eigenvalue weighted by atomic mass is 79.9. The number of halogens is 2. The smallest absolute Gasteiger partial charge is 0.238 e. The largest absolute Gasteiger partial charge is 0.436 e. The standard InChI is InChI=1S/C10H8Br2N4O/c1-13-10-15-5-8(12)9(16-10)17-7-2-6(11)3-14-4-7/h2-5H,1H3,(H,13,15,16). The van der Waals surface area contributed by atoms with E-state index in [1.165, 1.54) is 0 Å². The Balaban J connectivity index is 2.29. The lowest BCUT2D eigenvalue weighted by Crippen LogP contribution is -1.98. The third kappa shape index (κ3) is 3.13. The Kier molecular flexibility index (Phi) is 3.90. The molecule has 2 rings (SSSR count). The lowest BCUT2D eigenvalue weighted by atomic mass is 10.5. The lowest BCUT2D eigenvalue weighted by Gasteiger charge is -2.07. The van der Waals surface area contributed by atoms with Crippen molar-refractivity contribution < 1.29 is 4.74 Å². The molecular formula is C10H8Br2N4O. The summed E-state index contributed by atoms with van der Waals surface area (Å²) in [7, 11) is 1.74. The predicted octanol–water partition coefficient (Wildman–Crippen LogP) is 3.23. The third-order valence-corrected chi connectivity index (χ3v) is 2.81. The van der Waals surface area contributed by atoms with Gasteiger partial charge in [0.25, 0.3) is 0 Å². The third-order valence-electron chi connectivity index (χ3n) is 1.83. The van der Waals surface area contributed by atoms with Gasteiger partial charge in [-0.2, -0.15) is 4.98 Å². The van der Waals surface area contributed by atoms with Crippen molar-refractivity contribution >= 4 is 37.8 Å². The molecule has 7 heteroatoms. The van der Waals surface area contributed by atoms with E-state index in [1.807, 2.05) is 0 Å². The Morgan fingerprint density at radius 3 is 2.76 bits per heavy atom. The lowest BCUT2D eigenvalue weighted by molar-refractivity contribution is 0.456. The van der Waals surface area contributed by atoms with Crippen LogP contribution < -0.4 is 10.1 Å². The number of rotatable bonds is 3. The molecule has 2 aromatic rings. The molecule has 0 amide bonds. The van der Waals surface area contributed by atoms with Gasteiger partial charge >= 0.3 is 0 Å². The number of aromatic nitrogens is 3. The first-order valence-corrected chi connectivity index (χ1v) is 6.26. The molecule has 1 N–H and O–H groups in total. The molecule has 0 aliphatic heterocycles. The zero-order valence-electron chi connectivity index (χ0n) is 8.82. The molecule has 0 unspecified atom stereocenters. The minimum atomic E-state index is 0.434. The molecule has 0 saturated carbocycles. The number of anilines is 1. The van der Waals surface area contributed by atoms with Gasteiger partial charge in [0.2, 0.25) is 11.8 Å². The van der Waals surface area contributed by atoms with E-state index >= 15 is 0 Å². The zero-order valence-corrected chi connectivity index (χ0v) is 12.0. The maximum Gasteiger partial charge on any atom is 0.238 e. The van der Waals surface area contributed by atoms with E-state index in [1.54, 1.807) is 31.7 Å². The quantitative estimate of drug-likeness (QED) is 0.911. The Labute approximate surface area is 115 Å². The monoisotopic (exact) mass is 358 g/mol. The van der Waals surface area contributed by atoms with Crippen molar-refractivity contribution in [3.05, 3.63) is 33.6 Å². The van der Waals surface area contributed by atoms with Gasteiger partial charge in [-0.05, 0) is 37.9 Å². The number of hydrogen-bond acceptors (Lipinski definition) is 5. The molecule has 0 fully saturated rings. The van der Waals surface area contributed by atoms with Gasteiger partial charge < -0.3 is 10.1 Å². The van der Waals surface area contributed by atoms with E-state index in [-0.39, 0.29) is 0 Å². The maximum atomic E-state index is 5.60. The van der Waals surface area contributed by atoms with Gasteiger partial charge in [-0.3, -0.25) is 4.98 Å². The van der Waals surface area contributed by atoms with Crippen molar-refractivity contribution in [2.75, 3.05) is 12.4 Å². The van der Waals surface area contributed by atoms with Crippen molar-refractivity contribution in [3.63, 3.8) is 0 Å². The number of hydrogen-bond donors (Lipinski definition) is 1. The minimum absolute atomic E-state index is 0.434. The first-order valence-electron chi connectivity index (χ1n) is 4.68. The van der Waals surface area contributed by atoms with Gasteiger partial charge in [0.15, 0.2) is 0 Å². The first kappa shape index (κ1) is 12.3. The van der Waals surface area contributed by atoms with Crippen LogP contribution in [-0.4, -0.2) is 22.0 Å². The highest BCUT2D eigenvalue weighted by Gasteiger charge is 2.07. The van der Waals surface area contributed by atoms with Crippen molar-refractivity contribution in [2.24, 2.45) is 0 Å². The van der Waals surface area contributed by atoms with E-state index in [9.17, 15) is 0 Å². The van der Waals surface area contributed by atoms with Crippen molar-refractivity contribution in [2.45, 2.75) is 0 Å². The molecule has 2 heterocycles. The van der Waals surface area contributed by atoms with Crippen molar-refractivity contribution in [1.82, 2.24) is 15.0 Å². The second kappa shape index (κ2) is 5.42. The zero-order chi connectivity index (χ0) is 12.3. The average Bonchev–Trinajstić information content (AvgIpc) is 2.32. The van der Waals surface area contributed by atoms with E-state index in [4.69, 9.17) is 4.74 Å². The van der Waals surface area contributed by atoms with E-state index in [2.05, 4.69) is 52.1 Å². The number of nitrogens with one attached hydrogen (secondary N) is 1. The normalized spacial score (nSPS) is 10.1. The van der Waals surface area contributed by atoms with Crippen LogP contribution in [0.1, 0.15) is 0 Å². The summed E-state index contributed by atoms with van der Waals surface area (Å²) in [6.45, 7) is 0. The summed E-state index contributed by atoms with van der Waals surface area (Å²) in [6.07, 6.45) is 4.92. The highest BCUT2D eigenvalue weighted by molar-refractivity contribution is 9.10. The molecule has 0 aliphatic carbocycles. The molecule has 0 bridgehead atoms. The number of nitrogens with zero attached hydrogens (tertiary/aromatic N) is 3. The summed E-state index contributed by atoms with van der Waals surface area (Å²) in [5, 5.41) is 2.84. The summed E-state index contributed by atoms with van der Waals surface area (Å²) in [5.41, 5.74) is 0. The predicted molar refractivity (Wildman–Crippen MR) is 71.3 cm³/mol. The summed E-state index contributed by atoms with van der Waals surface area (Å²) < 4.78 is 7.12. The molecular weight excluding hydrogens is 352 g/mol. The minimum Gasteiger partial charge on any atom is -0.436 e. The molecule has 0 atom stereocenters. The van der Waals surface area contributed by atoms with Crippen LogP contribution in [0.15, 0.2) is 33.6 Å². The second-order valence-electron chi connectivity index (χ2n) is 3.04. The Bertz CT molecular complexity index is 535. The van der Waals surface area contributed by atoms with Crippen molar-refractivity contribution in [3.8, 4) is 11.6 Å². The summed E-state index contributed by atoms with van der Waals surface area (Å²) in [5.74, 6) is 1.52. The fraction of sp³-hybridized carbons (Fsp3) is 0.100. The van der Waals surface area contributed by atoms with Crippen LogP contribution in [0.5, 0.6) is 11.6 Å². The van der Waals surface area contributed by atoms with Crippen LogP contribution in [0.3, 0.4) is 0 Å². The van der Waals surface area contributed by atoms with Gasteiger partial charge in [0.1, 0.15) is 5.75 Å². The van der Waals surface area contributed by atoms with Gasteiger partial charge in [0, 0.05) is 17.7 Å². The topological polar surface area (TPSA) is 59.9 Å². The second-order valence-corrected chi connectivity index (χ2v) is 4.81. The number of pyridine rings is 1. The molecule has 2 aromatic heterocycles. The fourth-order valence-corrected chi connectivity index (χ4v) is 1.72. The van der Waals surface area contributed by atoms with Gasteiger partial charge in [-0.15, -0.1) is 0 Å². The fourth-order valence-electron chi connectivity index (χ4n) is 1.10. The molecule has 5 nitrogen and oxygen atoms in total. The van der Waals surface area contributed by atoms with Gasteiger partial charge in [-0.1, -0.05) is 0 Å². The van der Waals surface area contributed by atoms with Crippen LogP contribution in [0.4, 0.5) is 5.95 Å². The highest BCUT2D eigenvalue weighted by Crippen LogP contribution is 2.28. The molecule has 0 spiro atoms. The van der Waals surface area contributed by atoms with Gasteiger partial charge in [-0.25, -0.2) is 4.98 Å². The van der Waals surface area contributed by atoms with Crippen LogP contribution in [0, 0.1) is 0 Å². The van der Waals surface area contributed by atoms with Gasteiger partial charge in [0.05, 0.1) is 16.9 Å². The Morgan fingerprint density at radius 2 is 2.06 bits per heavy atom. The number of ether oxygens (including phenoxy) is 1. The Hall–Kier alpha value is -1.21. The van der Waals surface area contributed by atoms with Crippen LogP contribution in [0.2, 0.25) is 0 Å². The van der Waals surface area contributed by atoms with Crippen LogP contribution in [-0.2, 0) is 0 Å². The van der Waals surface area contributed by atoms with Crippen molar-refractivity contribution in [1.29, 1.82) is 0 Å². The molecule has 0 aromatic carbocycles. The van der Waals surface area contributed by atoms with E-state index in [0.29, 0.717) is 22.1 Å². The van der Waals surface area contributed by atoms with Crippen LogP contribution in [0.25, 0.3) is 0 Å². The molecule has 0 aliphatic rings. The molecule has 0 radical (unpaired) electrons. The SMILES string of the molecule is CNc1ncc(Br)c(Oc2cncc(Br)c2)n1.